The van der Waals surface area contributed by atoms with Gasteiger partial charge in [0.15, 0.2) is 0 Å². The quantitative estimate of drug-likeness (QED) is 0.862. The molecule has 0 aliphatic carbocycles. The van der Waals surface area contributed by atoms with Gasteiger partial charge in [0.2, 0.25) is 5.91 Å². The van der Waals surface area contributed by atoms with Crippen LogP contribution < -0.4 is 10.2 Å². The lowest BCUT2D eigenvalue weighted by atomic mass is 10.2. The number of carbonyl (C=O) groups excluding carboxylic acids is 1. The van der Waals surface area contributed by atoms with Crippen LogP contribution in [-0.4, -0.2) is 38.8 Å². The molecule has 1 fully saturated rings. The number of hydrogen-bond donors (Lipinski definition) is 2. The first-order valence-electron chi connectivity index (χ1n) is 6.63. The van der Waals surface area contributed by atoms with Crippen LogP contribution in [0, 0.1) is 6.92 Å². The van der Waals surface area contributed by atoms with E-state index >= 15 is 0 Å². The average molecular weight is 284 g/mol. The van der Waals surface area contributed by atoms with Crippen LogP contribution >= 0.6 is 11.6 Å². The van der Waals surface area contributed by atoms with Gasteiger partial charge in [0, 0.05) is 10.7 Å². The van der Waals surface area contributed by atoms with Gasteiger partial charge in [-0.15, -0.1) is 0 Å². The number of carbonyl (C=O) groups is 1. The molecule has 0 spiro atoms. The largest absolute Gasteiger partial charge is 0.370 e. The summed E-state index contributed by atoms with van der Waals surface area (Å²) in [6, 6.07) is 5.54. The van der Waals surface area contributed by atoms with E-state index in [1.54, 1.807) is 0 Å². The Bertz CT molecular complexity index is 445. The Morgan fingerprint density at radius 3 is 2.89 bits per heavy atom. The van der Waals surface area contributed by atoms with Crippen LogP contribution in [0.25, 0.3) is 0 Å². The minimum absolute atomic E-state index is 0.0457. The number of rotatable bonds is 4. The van der Waals surface area contributed by atoms with E-state index in [1.165, 1.54) is 4.90 Å². The van der Waals surface area contributed by atoms with Gasteiger partial charge in [-0.3, -0.25) is 4.79 Å². The fourth-order valence-electron chi connectivity index (χ4n) is 2.16. The molecule has 1 aliphatic rings. The number of ether oxygens (including phenoxy) is 1. The van der Waals surface area contributed by atoms with Gasteiger partial charge >= 0.3 is 0 Å². The van der Waals surface area contributed by atoms with Crippen LogP contribution in [0.15, 0.2) is 18.2 Å². The molecule has 19 heavy (non-hydrogen) atoms. The standard InChI is InChI=1S/C14H19ClN2O2/c1-11-12(15)3-2-4-13(11)16-14(18)5-6-17-7-9-19-10-8-17/h2-4H,5-10H2,1H3,(H,16,18)/p+1. The molecule has 1 aliphatic heterocycles. The summed E-state index contributed by atoms with van der Waals surface area (Å²) in [6.07, 6.45) is 0.529. The van der Waals surface area contributed by atoms with E-state index < -0.39 is 0 Å². The molecule has 2 rings (SSSR count). The smallest absolute Gasteiger partial charge is 0.230 e. The molecule has 1 aromatic rings. The Balaban J connectivity index is 1.82. The SMILES string of the molecule is Cc1c(Cl)cccc1NC(=O)CC[NH+]1CCOCC1. The highest BCUT2D eigenvalue weighted by atomic mass is 35.5. The molecule has 5 heteroatoms. The van der Waals surface area contributed by atoms with Crippen molar-refractivity contribution in [2.45, 2.75) is 13.3 Å². The van der Waals surface area contributed by atoms with Crippen LogP contribution in [0.4, 0.5) is 5.69 Å². The topological polar surface area (TPSA) is 42.8 Å². The second-order valence-electron chi connectivity index (χ2n) is 4.82. The first-order valence-corrected chi connectivity index (χ1v) is 7.01. The van der Waals surface area contributed by atoms with Gasteiger partial charge in [0.05, 0.1) is 26.2 Å². The van der Waals surface area contributed by atoms with Crippen molar-refractivity contribution in [1.29, 1.82) is 0 Å². The number of halogens is 1. The summed E-state index contributed by atoms with van der Waals surface area (Å²) in [4.78, 5) is 13.4. The third-order valence-electron chi connectivity index (χ3n) is 3.45. The molecule has 2 N–H and O–H groups in total. The van der Waals surface area contributed by atoms with Crippen LogP contribution in [0.5, 0.6) is 0 Å². The van der Waals surface area contributed by atoms with E-state index in [-0.39, 0.29) is 5.91 Å². The zero-order valence-corrected chi connectivity index (χ0v) is 11.9. The fraction of sp³-hybridized carbons (Fsp3) is 0.500. The molecule has 0 bridgehead atoms. The van der Waals surface area contributed by atoms with E-state index in [0.29, 0.717) is 11.4 Å². The van der Waals surface area contributed by atoms with E-state index in [1.807, 2.05) is 25.1 Å². The molecule has 0 saturated carbocycles. The Hall–Kier alpha value is -1.10. The summed E-state index contributed by atoms with van der Waals surface area (Å²) < 4.78 is 5.30. The Kier molecular flexibility index (Phi) is 5.19. The van der Waals surface area contributed by atoms with Crippen LogP contribution in [0.3, 0.4) is 0 Å². The van der Waals surface area contributed by atoms with E-state index in [4.69, 9.17) is 16.3 Å². The number of morpholine rings is 1. The lowest BCUT2D eigenvalue weighted by molar-refractivity contribution is -0.907. The summed E-state index contributed by atoms with van der Waals surface area (Å²) in [5.41, 5.74) is 1.71. The van der Waals surface area contributed by atoms with Crippen molar-refractivity contribution in [2.24, 2.45) is 0 Å². The molecule has 1 amide bonds. The number of benzene rings is 1. The summed E-state index contributed by atoms with van der Waals surface area (Å²) in [6.45, 7) is 6.33. The zero-order valence-electron chi connectivity index (χ0n) is 11.2. The minimum atomic E-state index is 0.0457. The second kappa shape index (κ2) is 6.89. The molecule has 4 nitrogen and oxygen atoms in total. The maximum atomic E-state index is 11.9. The highest BCUT2D eigenvalue weighted by Crippen LogP contribution is 2.22. The van der Waals surface area contributed by atoms with Crippen LogP contribution in [0.2, 0.25) is 5.02 Å². The van der Waals surface area contributed by atoms with Gasteiger partial charge in [-0.05, 0) is 24.6 Å². The van der Waals surface area contributed by atoms with Crippen molar-refractivity contribution < 1.29 is 14.4 Å². The molecule has 1 aromatic carbocycles. The summed E-state index contributed by atoms with van der Waals surface area (Å²) in [7, 11) is 0. The van der Waals surface area contributed by atoms with Crippen molar-refractivity contribution in [2.75, 3.05) is 38.2 Å². The predicted octanol–water partition coefficient (Wildman–Crippen LogP) is 0.892. The second-order valence-corrected chi connectivity index (χ2v) is 5.23. The average Bonchev–Trinajstić information content (AvgIpc) is 2.43. The number of hydrogen-bond acceptors (Lipinski definition) is 2. The Labute approximate surface area is 118 Å². The maximum Gasteiger partial charge on any atom is 0.230 e. The van der Waals surface area contributed by atoms with Gasteiger partial charge < -0.3 is 15.0 Å². The maximum absolute atomic E-state index is 11.9. The molecular formula is C14H20ClN2O2+. The van der Waals surface area contributed by atoms with E-state index in [0.717, 1.165) is 44.1 Å². The van der Waals surface area contributed by atoms with Gasteiger partial charge in [-0.2, -0.15) is 0 Å². The fourth-order valence-corrected chi connectivity index (χ4v) is 2.33. The van der Waals surface area contributed by atoms with Gasteiger partial charge in [-0.25, -0.2) is 0 Å². The van der Waals surface area contributed by atoms with Crippen molar-refractivity contribution >= 4 is 23.2 Å². The highest BCUT2D eigenvalue weighted by Gasteiger charge is 2.15. The summed E-state index contributed by atoms with van der Waals surface area (Å²) >= 11 is 6.03. The van der Waals surface area contributed by atoms with Crippen molar-refractivity contribution in [3.8, 4) is 0 Å². The molecule has 0 aromatic heterocycles. The Morgan fingerprint density at radius 2 is 2.16 bits per heavy atom. The third-order valence-corrected chi connectivity index (χ3v) is 3.86. The monoisotopic (exact) mass is 283 g/mol. The lowest BCUT2D eigenvalue weighted by Gasteiger charge is -2.23. The first-order chi connectivity index (χ1) is 9.16. The highest BCUT2D eigenvalue weighted by molar-refractivity contribution is 6.31. The predicted molar refractivity (Wildman–Crippen MR) is 75.8 cm³/mol. The van der Waals surface area contributed by atoms with Gasteiger partial charge in [0.25, 0.3) is 0 Å². The summed E-state index contributed by atoms with van der Waals surface area (Å²) in [5.74, 6) is 0.0457. The first kappa shape index (κ1) is 14.3. The molecule has 0 unspecified atom stereocenters. The van der Waals surface area contributed by atoms with Crippen LogP contribution in [0.1, 0.15) is 12.0 Å². The number of anilines is 1. The van der Waals surface area contributed by atoms with E-state index in [2.05, 4.69) is 5.32 Å². The number of amides is 1. The van der Waals surface area contributed by atoms with Crippen molar-refractivity contribution in [3.63, 3.8) is 0 Å². The van der Waals surface area contributed by atoms with E-state index in [9.17, 15) is 4.79 Å². The third kappa shape index (κ3) is 4.20. The van der Waals surface area contributed by atoms with Crippen molar-refractivity contribution in [1.82, 2.24) is 0 Å². The molecule has 0 atom stereocenters. The van der Waals surface area contributed by atoms with Crippen LogP contribution in [-0.2, 0) is 9.53 Å². The number of nitrogens with one attached hydrogen (secondary N) is 2. The molecule has 0 radical (unpaired) electrons. The number of quaternary nitrogens is 1. The molecule has 104 valence electrons. The summed E-state index contributed by atoms with van der Waals surface area (Å²) in [5, 5.41) is 3.60. The van der Waals surface area contributed by atoms with Gasteiger partial charge in [-0.1, -0.05) is 17.7 Å². The molecule has 1 saturated heterocycles. The minimum Gasteiger partial charge on any atom is -0.370 e. The lowest BCUT2D eigenvalue weighted by Crippen LogP contribution is -3.14. The zero-order chi connectivity index (χ0) is 13.7. The Morgan fingerprint density at radius 1 is 1.42 bits per heavy atom. The molecular weight excluding hydrogens is 264 g/mol. The normalized spacial score (nSPS) is 16.3. The van der Waals surface area contributed by atoms with Gasteiger partial charge in [0.1, 0.15) is 13.1 Å². The van der Waals surface area contributed by atoms with Crippen molar-refractivity contribution in [3.05, 3.63) is 28.8 Å². The molecule has 1 heterocycles.